The highest BCUT2D eigenvalue weighted by atomic mass is 32.2. The molecule has 2 aliphatic rings. The van der Waals surface area contributed by atoms with Gasteiger partial charge in [-0.1, -0.05) is 53.7 Å². The molecule has 0 unspecified atom stereocenters. The normalized spacial score (nSPS) is 24.1. The van der Waals surface area contributed by atoms with Crippen LogP contribution >= 0.6 is 11.8 Å². The topological polar surface area (TPSA) is 66.8 Å². The molecule has 2 atom stereocenters. The lowest BCUT2D eigenvalue weighted by Gasteiger charge is -2.26. The van der Waals surface area contributed by atoms with Gasteiger partial charge >= 0.3 is 0 Å². The van der Waals surface area contributed by atoms with E-state index in [-0.39, 0.29) is 35.1 Å². The molecule has 7 heteroatoms. The number of fused-ring (bicyclic) bond motifs is 1. The number of thioether (sulfide) groups is 1. The summed E-state index contributed by atoms with van der Waals surface area (Å²) in [5, 5.41) is 0.520. The lowest BCUT2D eigenvalue weighted by atomic mass is 10.1. The van der Waals surface area contributed by atoms with E-state index in [1.807, 2.05) is 68.1 Å². The van der Waals surface area contributed by atoms with Gasteiger partial charge in [0.2, 0.25) is 0 Å². The van der Waals surface area contributed by atoms with E-state index in [0.29, 0.717) is 5.17 Å². The van der Waals surface area contributed by atoms with Crippen molar-refractivity contribution in [2.45, 2.75) is 38.5 Å². The van der Waals surface area contributed by atoms with Crippen LogP contribution in [0.15, 0.2) is 47.5 Å². The van der Waals surface area contributed by atoms with E-state index in [9.17, 15) is 13.2 Å². The van der Waals surface area contributed by atoms with Crippen LogP contribution in [0, 0.1) is 20.8 Å². The number of anilines is 1. The molecule has 0 aromatic heterocycles. The zero-order valence-electron chi connectivity index (χ0n) is 16.8. The SMILES string of the molecule is Cc1ccc(CC(=O)N=C2S[C@@H]3CS(=O)(=O)C[C@@H]3N2c2cccc(C)c2C)cc1. The van der Waals surface area contributed by atoms with E-state index in [4.69, 9.17) is 0 Å². The van der Waals surface area contributed by atoms with Crippen LogP contribution in [0.1, 0.15) is 22.3 Å². The number of aryl methyl sites for hydroxylation is 2. The highest BCUT2D eigenvalue weighted by Crippen LogP contribution is 2.42. The van der Waals surface area contributed by atoms with Crippen molar-refractivity contribution in [3.63, 3.8) is 0 Å². The predicted molar refractivity (Wildman–Crippen MR) is 120 cm³/mol. The van der Waals surface area contributed by atoms with Gasteiger partial charge in [-0.25, -0.2) is 8.42 Å². The third kappa shape index (κ3) is 4.12. The highest BCUT2D eigenvalue weighted by Gasteiger charge is 2.49. The molecule has 0 bridgehead atoms. The van der Waals surface area contributed by atoms with Gasteiger partial charge in [-0.2, -0.15) is 4.99 Å². The second-order valence-corrected chi connectivity index (χ2v) is 11.2. The van der Waals surface area contributed by atoms with Crippen LogP contribution in [0.4, 0.5) is 5.69 Å². The van der Waals surface area contributed by atoms with Crippen molar-refractivity contribution in [3.8, 4) is 0 Å². The predicted octanol–water partition coefficient (Wildman–Crippen LogP) is 3.46. The van der Waals surface area contributed by atoms with Crippen molar-refractivity contribution in [2.75, 3.05) is 16.4 Å². The van der Waals surface area contributed by atoms with Crippen LogP contribution < -0.4 is 4.90 Å². The number of nitrogens with zero attached hydrogens (tertiary/aromatic N) is 2. The highest BCUT2D eigenvalue weighted by molar-refractivity contribution is 8.16. The van der Waals surface area contributed by atoms with Crippen LogP contribution in [0.5, 0.6) is 0 Å². The molecule has 5 nitrogen and oxygen atoms in total. The zero-order valence-corrected chi connectivity index (χ0v) is 18.4. The smallest absolute Gasteiger partial charge is 0.252 e. The number of carbonyl (C=O) groups is 1. The van der Waals surface area contributed by atoms with Gasteiger partial charge in [0.05, 0.1) is 24.0 Å². The Balaban J connectivity index is 1.67. The molecule has 0 spiro atoms. The summed E-state index contributed by atoms with van der Waals surface area (Å²) < 4.78 is 24.4. The Morgan fingerprint density at radius 2 is 1.83 bits per heavy atom. The summed E-state index contributed by atoms with van der Waals surface area (Å²) in [7, 11) is -3.08. The van der Waals surface area contributed by atoms with Gasteiger partial charge in [-0.3, -0.25) is 4.79 Å². The molecule has 2 aromatic carbocycles. The van der Waals surface area contributed by atoms with Crippen molar-refractivity contribution in [3.05, 3.63) is 64.7 Å². The van der Waals surface area contributed by atoms with E-state index in [1.165, 1.54) is 11.8 Å². The van der Waals surface area contributed by atoms with E-state index >= 15 is 0 Å². The quantitative estimate of drug-likeness (QED) is 0.749. The molecule has 2 aliphatic heterocycles. The minimum absolute atomic E-state index is 0.0918. The second-order valence-electron chi connectivity index (χ2n) is 7.84. The van der Waals surface area contributed by atoms with Gasteiger partial charge in [-0.05, 0) is 43.5 Å². The number of sulfone groups is 1. The van der Waals surface area contributed by atoms with Gasteiger partial charge in [0, 0.05) is 10.9 Å². The Morgan fingerprint density at radius 1 is 1.10 bits per heavy atom. The molecular formula is C22H24N2O3S2. The first-order valence-corrected chi connectivity index (χ1v) is 12.3. The number of hydrogen-bond donors (Lipinski definition) is 0. The van der Waals surface area contributed by atoms with Crippen LogP contribution in [-0.4, -0.2) is 42.3 Å². The maximum atomic E-state index is 12.7. The summed E-state index contributed by atoms with van der Waals surface area (Å²) in [5.74, 6) is 0.0208. The average Bonchev–Trinajstić information content (AvgIpc) is 3.10. The van der Waals surface area contributed by atoms with Crippen LogP contribution in [0.3, 0.4) is 0 Å². The second kappa shape index (κ2) is 7.61. The lowest BCUT2D eigenvalue weighted by molar-refractivity contribution is -0.117. The van der Waals surface area contributed by atoms with Crippen molar-refractivity contribution >= 4 is 38.4 Å². The van der Waals surface area contributed by atoms with Crippen LogP contribution in [0.2, 0.25) is 0 Å². The lowest BCUT2D eigenvalue weighted by Crippen LogP contribution is -2.38. The standard InChI is InChI=1S/C22H24N2O3S2/c1-14-7-9-17(10-8-14)11-21(25)23-22-24(18-6-4-5-15(2)16(18)3)19-12-29(26,27)13-20(19)28-22/h4-10,19-20H,11-13H2,1-3H3/t19-,20+/m0/s1. The number of carbonyl (C=O) groups excluding carboxylic acids is 1. The Bertz CT molecular complexity index is 1090. The minimum atomic E-state index is -3.08. The summed E-state index contributed by atoms with van der Waals surface area (Å²) in [4.78, 5) is 19.1. The number of hydrogen-bond acceptors (Lipinski definition) is 4. The fourth-order valence-electron chi connectivity index (χ4n) is 3.87. The molecule has 2 aromatic rings. The summed E-state index contributed by atoms with van der Waals surface area (Å²) in [6, 6.07) is 13.6. The maximum absolute atomic E-state index is 12.7. The van der Waals surface area contributed by atoms with Crippen molar-refractivity contribution in [1.29, 1.82) is 0 Å². The zero-order chi connectivity index (χ0) is 20.8. The van der Waals surface area contributed by atoms with Gasteiger partial charge in [-0.15, -0.1) is 0 Å². The molecule has 0 N–H and O–H groups in total. The molecule has 4 rings (SSSR count). The largest absolute Gasteiger partial charge is 0.315 e. The first-order valence-electron chi connectivity index (χ1n) is 9.63. The summed E-state index contributed by atoms with van der Waals surface area (Å²) >= 11 is 1.42. The van der Waals surface area contributed by atoms with E-state index < -0.39 is 9.84 Å². The van der Waals surface area contributed by atoms with Crippen LogP contribution in [0.25, 0.3) is 0 Å². The fraction of sp³-hybridized carbons (Fsp3) is 0.364. The molecule has 2 saturated heterocycles. The fourth-order valence-corrected chi connectivity index (χ4v) is 7.79. The van der Waals surface area contributed by atoms with Crippen molar-refractivity contribution < 1.29 is 13.2 Å². The third-order valence-corrected chi connectivity index (χ3v) is 8.81. The molecule has 1 amide bonds. The summed E-state index contributed by atoms with van der Waals surface area (Å²) in [5.41, 5.74) is 5.21. The molecule has 0 radical (unpaired) electrons. The minimum Gasteiger partial charge on any atom is -0.315 e. The molecule has 152 valence electrons. The van der Waals surface area contributed by atoms with Crippen molar-refractivity contribution in [1.82, 2.24) is 0 Å². The Hall–Kier alpha value is -2.12. The molecule has 2 fully saturated rings. The van der Waals surface area contributed by atoms with Gasteiger partial charge < -0.3 is 4.90 Å². The molecule has 0 aliphatic carbocycles. The summed E-state index contributed by atoms with van der Waals surface area (Å²) in [6.07, 6.45) is 0.235. The first kappa shape index (κ1) is 20.2. The monoisotopic (exact) mass is 428 g/mol. The van der Waals surface area contributed by atoms with Crippen LogP contribution in [-0.2, 0) is 21.1 Å². The first-order chi connectivity index (χ1) is 13.7. The Kier molecular flexibility index (Phi) is 5.29. The van der Waals surface area contributed by atoms with Crippen molar-refractivity contribution in [2.24, 2.45) is 4.99 Å². The molecule has 29 heavy (non-hydrogen) atoms. The van der Waals surface area contributed by atoms with E-state index in [2.05, 4.69) is 4.99 Å². The molecule has 2 heterocycles. The maximum Gasteiger partial charge on any atom is 0.252 e. The molecular weight excluding hydrogens is 404 g/mol. The Labute approximate surface area is 176 Å². The van der Waals surface area contributed by atoms with Gasteiger partial charge in [0.25, 0.3) is 5.91 Å². The van der Waals surface area contributed by atoms with E-state index in [1.54, 1.807) is 0 Å². The number of benzene rings is 2. The number of rotatable bonds is 3. The Morgan fingerprint density at radius 3 is 2.55 bits per heavy atom. The number of amidine groups is 1. The summed E-state index contributed by atoms with van der Waals surface area (Å²) in [6.45, 7) is 6.07. The van der Waals surface area contributed by atoms with Gasteiger partial charge in [0.1, 0.15) is 0 Å². The van der Waals surface area contributed by atoms with E-state index in [0.717, 1.165) is 27.9 Å². The number of aliphatic imine (C=N–C) groups is 1. The van der Waals surface area contributed by atoms with Gasteiger partial charge in [0.15, 0.2) is 15.0 Å². The average molecular weight is 429 g/mol. The third-order valence-electron chi connectivity index (χ3n) is 5.60. The molecule has 0 saturated carbocycles. The number of amides is 1.